The number of benzene rings is 2. The Hall–Kier alpha value is -4.56. The number of H-pyrrole nitrogens is 1. The van der Waals surface area contributed by atoms with Gasteiger partial charge in [0.1, 0.15) is 0 Å². The molecule has 1 aliphatic rings. The van der Waals surface area contributed by atoms with Gasteiger partial charge in [0.25, 0.3) is 5.91 Å². The summed E-state index contributed by atoms with van der Waals surface area (Å²) in [5.74, 6) is -0.291. The van der Waals surface area contributed by atoms with Gasteiger partial charge in [0.2, 0.25) is 0 Å². The zero-order valence-electron chi connectivity index (χ0n) is 20.2. The molecule has 8 heteroatoms. The first kappa shape index (κ1) is 22.9. The molecular formula is C29H26N6O2. The Kier molecular flexibility index (Phi) is 6.31. The van der Waals surface area contributed by atoms with Gasteiger partial charge in [-0.2, -0.15) is 5.10 Å². The third-order valence-corrected chi connectivity index (χ3v) is 6.52. The summed E-state index contributed by atoms with van der Waals surface area (Å²) in [5, 5.41) is 10.9. The van der Waals surface area contributed by atoms with Crippen molar-refractivity contribution < 1.29 is 9.53 Å². The number of carbonyl (C=O) groups excluding carboxylic acids is 1. The Morgan fingerprint density at radius 2 is 1.81 bits per heavy atom. The van der Waals surface area contributed by atoms with Crippen LogP contribution in [0.15, 0.2) is 85.3 Å². The summed E-state index contributed by atoms with van der Waals surface area (Å²) >= 11 is 0. The van der Waals surface area contributed by atoms with E-state index in [1.807, 2.05) is 60.9 Å². The van der Waals surface area contributed by atoms with Gasteiger partial charge >= 0.3 is 0 Å². The molecular weight excluding hydrogens is 464 g/mol. The molecule has 0 spiro atoms. The number of pyridine rings is 2. The maximum Gasteiger partial charge on any atom is 0.276 e. The van der Waals surface area contributed by atoms with Gasteiger partial charge in [0.15, 0.2) is 5.69 Å². The molecule has 2 N–H and O–H groups in total. The van der Waals surface area contributed by atoms with Gasteiger partial charge in [-0.3, -0.25) is 19.9 Å². The smallest absolute Gasteiger partial charge is 0.276 e. The summed E-state index contributed by atoms with van der Waals surface area (Å²) in [5.41, 5.74) is 6.90. The van der Waals surface area contributed by atoms with Crippen LogP contribution in [0.4, 0.5) is 11.4 Å². The third-order valence-electron chi connectivity index (χ3n) is 6.52. The van der Waals surface area contributed by atoms with Gasteiger partial charge in [0, 0.05) is 42.4 Å². The number of rotatable bonds is 6. The van der Waals surface area contributed by atoms with Crippen LogP contribution < -0.4 is 10.2 Å². The van der Waals surface area contributed by atoms with Crippen LogP contribution in [0.2, 0.25) is 0 Å². The van der Waals surface area contributed by atoms with E-state index in [0.29, 0.717) is 11.4 Å². The van der Waals surface area contributed by atoms with Crippen molar-refractivity contribution in [1.29, 1.82) is 0 Å². The van der Waals surface area contributed by atoms with E-state index in [1.165, 1.54) is 5.56 Å². The van der Waals surface area contributed by atoms with Crippen LogP contribution in [-0.2, 0) is 11.2 Å². The molecule has 3 aromatic heterocycles. The lowest BCUT2D eigenvalue weighted by Gasteiger charge is -2.28. The molecule has 4 heterocycles. The first-order chi connectivity index (χ1) is 18.2. The highest BCUT2D eigenvalue weighted by atomic mass is 16.5. The van der Waals surface area contributed by atoms with Gasteiger partial charge in [-0.05, 0) is 41.5 Å². The molecule has 2 aromatic carbocycles. The fraction of sp³-hybridized carbons (Fsp3) is 0.172. The molecule has 8 nitrogen and oxygen atoms in total. The number of morpholine rings is 1. The summed E-state index contributed by atoms with van der Waals surface area (Å²) in [7, 11) is 0. The average molecular weight is 491 g/mol. The van der Waals surface area contributed by atoms with E-state index in [4.69, 9.17) is 4.74 Å². The Morgan fingerprint density at radius 1 is 0.946 bits per heavy atom. The van der Waals surface area contributed by atoms with Crippen LogP contribution in [0.5, 0.6) is 0 Å². The van der Waals surface area contributed by atoms with Crippen LogP contribution in [0.1, 0.15) is 21.7 Å². The van der Waals surface area contributed by atoms with Crippen molar-refractivity contribution in [2.24, 2.45) is 0 Å². The Bertz CT molecular complexity index is 1530. The molecule has 0 radical (unpaired) electrons. The predicted molar refractivity (Wildman–Crippen MR) is 144 cm³/mol. The fourth-order valence-electron chi connectivity index (χ4n) is 4.55. The molecule has 1 amide bonds. The van der Waals surface area contributed by atoms with Gasteiger partial charge in [-0.25, -0.2) is 0 Å². The van der Waals surface area contributed by atoms with E-state index in [1.54, 1.807) is 6.20 Å². The van der Waals surface area contributed by atoms with Crippen molar-refractivity contribution in [2.45, 2.75) is 6.42 Å². The van der Waals surface area contributed by atoms with Gasteiger partial charge in [0.05, 0.1) is 42.5 Å². The number of aromatic nitrogens is 4. The molecule has 5 aromatic rings. The second kappa shape index (κ2) is 10.2. The van der Waals surface area contributed by atoms with Crippen molar-refractivity contribution in [1.82, 2.24) is 20.2 Å². The van der Waals surface area contributed by atoms with E-state index in [2.05, 4.69) is 48.6 Å². The Labute approximate surface area is 214 Å². The number of nitrogens with one attached hydrogen (secondary N) is 2. The monoisotopic (exact) mass is 490 g/mol. The number of amides is 1. The number of anilines is 2. The SMILES string of the molecule is O=C(Nc1ccc(Cc2ccccc2)nc1)c1n[nH]c2ccc(-c3cncc(N4CCOCC4)c3)cc12. The highest BCUT2D eigenvalue weighted by Gasteiger charge is 2.17. The van der Waals surface area contributed by atoms with E-state index in [0.717, 1.165) is 66.1 Å². The van der Waals surface area contributed by atoms with Crippen LogP contribution in [-0.4, -0.2) is 52.4 Å². The van der Waals surface area contributed by atoms with Crippen molar-refractivity contribution in [3.05, 3.63) is 102 Å². The Balaban J connectivity index is 1.21. The summed E-state index contributed by atoms with van der Waals surface area (Å²) in [6.07, 6.45) is 6.14. The zero-order chi connectivity index (χ0) is 25.0. The third kappa shape index (κ3) is 5.05. The van der Waals surface area contributed by atoms with Gasteiger partial charge in [-0.15, -0.1) is 0 Å². The lowest BCUT2D eigenvalue weighted by atomic mass is 10.0. The molecule has 1 aliphatic heterocycles. The van der Waals surface area contributed by atoms with Crippen LogP contribution >= 0.6 is 0 Å². The number of hydrogen-bond acceptors (Lipinski definition) is 6. The molecule has 0 bridgehead atoms. The summed E-state index contributed by atoms with van der Waals surface area (Å²) in [6, 6.07) is 22.0. The average Bonchev–Trinajstić information content (AvgIpc) is 3.39. The van der Waals surface area contributed by atoms with Crippen molar-refractivity contribution in [3.8, 4) is 11.1 Å². The minimum atomic E-state index is -0.291. The van der Waals surface area contributed by atoms with E-state index in [9.17, 15) is 4.79 Å². The molecule has 1 fully saturated rings. The fourth-order valence-corrected chi connectivity index (χ4v) is 4.55. The predicted octanol–water partition coefficient (Wildman–Crippen LogP) is 4.70. The molecule has 0 saturated carbocycles. The van der Waals surface area contributed by atoms with E-state index >= 15 is 0 Å². The number of nitrogens with zero attached hydrogens (tertiary/aromatic N) is 4. The number of aromatic amines is 1. The summed E-state index contributed by atoms with van der Waals surface area (Å²) in [4.78, 5) is 24.4. The second-order valence-electron chi connectivity index (χ2n) is 9.02. The maximum atomic E-state index is 13.1. The lowest BCUT2D eigenvalue weighted by Crippen LogP contribution is -2.36. The number of hydrogen-bond donors (Lipinski definition) is 2. The molecule has 0 atom stereocenters. The molecule has 184 valence electrons. The van der Waals surface area contributed by atoms with Crippen LogP contribution in [0.3, 0.4) is 0 Å². The zero-order valence-corrected chi connectivity index (χ0v) is 20.2. The van der Waals surface area contributed by atoms with Crippen molar-refractivity contribution in [2.75, 3.05) is 36.5 Å². The summed E-state index contributed by atoms with van der Waals surface area (Å²) in [6.45, 7) is 3.13. The maximum absolute atomic E-state index is 13.1. The molecule has 6 rings (SSSR count). The number of ether oxygens (including phenoxy) is 1. The standard InChI is InChI=1S/C29H26N6O2/c36-29(32-24-8-7-23(31-18-24)14-20-4-2-1-3-5-20)28-26-16-21(6-9-27(26)33-34-28)22-15-25(19-30-17-22)35-10-12-37-13-11-35/h1-9,15-19H,10-14H2,(H,32,36)(H,33,34). The quantitative estimate of drug-likeness (QED) is 0.358. The largest absolute Gasteiger partial charge is 0.378 e. The summed E-state index contributed by atoms with van der Waals surface area (Å²) < 4.78 is 5.47. The minimum absolute atomic E-state index is 0.291. The van der Waals surface area contributed by atoms with Crippen LogP contribution in [0.25, 0.3) is 22.0 Å². The van der Waals surface area contributed by atoms with E-state index < -0.39 is 0 Å². The highest BCUT2D eigenvalue weighted by Crippen LogP contribution is 2.28. The first-order valence-electron chi connectivity index (χ1n) is 12.3. The van der Waals surface area contributed by atoms with Crippen molar-refractivity contribution >= 4 is 28.2 Å². The van der Waals surface area contributed by atoms with Gasteiger partial charge in [-0.1, -0.05) is 36.4 Å². The first-order valence-corrected chi connectivity index (χ1v) is 12.3. The number of fused-ring (bicyclic) bond motifs is 1. The van der Waals surface area contributed by atoms with Gasteiger partial charge < -0.3 is 15.0 Å². The highest BCUT2D eigenvalue weighted by molar-refractivity contribution is 6.11. The lowest BCUT2D eigenvalue weighted by molar-refractivity contribution is 0.102. The second-order valence-corrected chi connectivity index (χ2v) is 9.02. The number of carbonyl (C=O) groups is 1. The molecule has 37 heavy (non-hydrogen) atoms. The molecule has 1 saturated heterocycles. The molecule has 0 aliphatic carbocycles. The van der Waals surface area contributed by atoms with Crippen molar-refractivity contribution in [3.63, 3.8) is 0 Å². The Morgan fingerprint density at radius 3 is 2.62 bits per heavy atom. The van der Waals surface area contributed by atoms with Crippen LogP contribution in [0, 0.1) is 0 Å². The minimum Gasteiger partial charge on any atom is -0.378 e. The molecule has 0 unspecified atom stereocenters. The van der Waals surface area contributed by atoms with E-state index in [-0.39, 0.29) is 5.91 Å². The topological polar surface area (TPSA) is 96.0 Å². The normalized spacial score (nSPS) is 13.6.